The van der Waals surface area contributed by atoms with E-state index in [0.29, 0.717) is 36.5 Å². The smallest absolute Gasteiger partial charge is 0.321 e. The van der Waals surface area contributed by atoms with Crippen LogP contribution in [-0.2, 0) is 0 Å². The second kappa shape index (κ2) is 8.47. The molecular formula is C23H23N5O2S. The van der Waals surface area contributed by atoms with Gasteiger partial charge in [-0.25, -0.2) is 9.78 Å². The Labute approximate surface area is 184 Å². The van der Waals surface area contributed by atoms with Gasteiger partial charge in [0.25, 0.3) is 5.91 Å². The summed E-state index contributed by atoms with van der Waals surface area (Å²) in [6, 6.07) is 11.9. The molecule has 2 aliphatic heterocycles. The van der Waals surface area contributed by atoms with Gasteiger partial charge in [0.15, 0.2) is 5.01 Å². The van der Waals surface area contributed by atoms with E-state index < -0.39 is 0 Å². The number of nitrogens with one attached hydrogen (secondary N) is 1. The molecule has 7 nitrogen and oxygen atoms in total. The number of carbonyl (C=O) groups excluding carboxylic acids is 2. The monoisotopic (exact) mass is 433 g/mol. The first-order chi connectivity index (χ1) is 15.2. The van der Waals surface area contributed by atoms with E-state index in [1.165, 1.54) is 22.5 Å². The number of amides is 3. The maximum Gasteiger partial charge on any atom is 0.321 e. The third kappa shape index (κ3) is 4.16. The van der Waals surface area contributed by atoms with E-state index in [2.05, 4.69) is 21.4 Å². The molecule has 1 unspecified atom stereocenters. The molecule has 0 spiro atoms. The first-order valence-corrected chi connectivity index (χ1v) is 11.3. The normalized spacial score (nSPS) is 18.6. The van der Waals surface area contributed by atoms with Crippen LogP contribution in [0.25, 0.3) is 0 Å². The molecule has 0 bridgehead atoms. The van der Waals surface area contributed by atoms with Crippen LogP contribution in [0, 0.1) is 0 Å². The minimum atomic E-state index is -0.0750. The molecule has 4 heterocycles. The Bertz CT molecular complexity index is 1050. The minimum absolute atomic E-state index is 0.0144. The molecule has 2 aliphatic rings. The van der Waals surface area contributed by atoms with E-state index in [0.717, 1.165) is 18.7 Å². The largest absolute Gasteiger partial charge is 0.336 e. The summed E-state index contributed by atoms with van der Waals surface area (Å²) in [4.78, 5) is 36.9. The molecular weight excluding hydrogens is 410 g/mol. The number of benzene rings is 1. The number of aromatic nitrogens is 2. The van der Waals surface area contributed by atoms with Gasteiger partial charge in [-0.05, 0) is 35.7 Å². The average Bonchev–Trinajstić information content (AvgIpc) is 3.46. The van der Waals surface area contributed by atoms with Gasteiger partial charge in [-0.15, -0.1) is 11.3 Å². The molecule has 1 atom stereocenters. The number of urea groups is 1. The molecule has 0 saturated carbocycles. The van der Waals surface area contributed by atoms with Crippen molar-refractivity contribution in [2.75, 3.05) is 31.5 Å². The quantitative estimate of drug-likeness (QED) is 0.679. The minimum Gasteiger partial charge on any atom is -0.336 e. The summed E-state index contributed by atoms with van der Waals surface area (Å²) in [5.74, 6) is 0.684. The van der Waals surface area contributed by atoms with E-state index in [1.54, 1.807) is 12.4 Å². The fourth-order valence-electron chi connectivity index (χ4n) is 4.19. The fraction of sp³-hybridized carbons (Fsp3) is 0.304. The summed E-state index contributed by atoms with van der Waals surface area (Å²) in [5, 5.41) is 5.36. The van der Waals surface area contributed by atoms with E-state index in [4.69, 9.17) is 0 Å². The highest BCUT2D eigenvalue weighted by Gasteiger charge is 2.32. The van der Waals surface area contributed by atoms with Crippen molar-refractivity contribution >= 4 is 29.0 Å². The van der Waals surface area contributed by atoms with Gasteiger partial charge >= 0.3 is 6.03 Å². The second-order valence-corrected chi connectivity index (χ2v) is 8.91. The molecule has 3 aromatic rings. The highest BCUT2D eigenvalue weighted by Crippen LogP contribution is 2.30. The van der Waals surface area contributed by atoms with E-state index in [-0.39, 0.29) is 11.9 Å². The van der Waals surface area contributed by atoms with Gasteiger partial charge in [0, 0.05) is 67.7 Å². The Morgan fingerprint density at radius 2 is 1.77 bits per heavy atom. The van der Waals surface area contributed by atoms with Crippen LogP contribution >= 0.6 is 11.3 Å². The number of hydrogen-bond acceptors (Lipinski definition) is 5. The van der Waals surface area contributed by atoms with Crippen molar-refractivity contribution in [3.63, 3.8) is 0 Å². The Morgan fingerprint density at radius 3 is 2.48 bits per heavy atom. The number of nitrogens with zero attached hydrogens (tertiary/aromatic N) is 4. The summed E-state index contributed by atoms with van der Waals surface area (Å²) in [6.07, 6.45) is 6.23. The molecule has 3 amide bonds. The standard InChI is InChI=1S/C23H23N5O2S/c29-22(21-25-9-11-31-21)27-10-7-18(13-27)16-3-5-20(6-4-16)26-23(30)28-14-19(15-28)17-2-1-8-24-12-17/h1-6,8-9,11-12,18-19H,7,10,13-15H2,(H,26,30). The van der Waals surface area contributed by atoms with Crippen molar-refractivity contribution in [1.29, 1.82) is 0 Å². The number of anilines is 1. The van der Waals surface area contributed by atoms with Crippen LogP contribution < -0.4 is 5.32 Å². The van der Waals surface area contributed by atoms with Gasteiger partial charge in [-0.1, -0.05) is 18.2 Å². The molecule has 1 aromatic carbocycles. The summed E-state index contributed by atoms with van der Waals surface area (Å²) < 4.78 is 0. The molecule has 2 aromatic heterocycles. The van der Waals surface area contributed by atoms with E-state index in [9.17, 15) is 9.59 Å². The molecule has 31 heavy (non-hydrogen) atoms. The molecule has 2 saturated heterocycles. The van der Waals surface area contributed by atoms with Crippen LogP contribution in [0.5, 0.6) is 0 Å². The van der Waals surface area contributed by atoms with Crippen LogP contribution in [0.3, 0.4) is 0 Å². The molecule has 0 aliphatic carbocycles. The number of pyridine rings is 1. The number of thiazole rings is 1. The highest BCUT2D eigenvalue weighted by molar-refractivity contribution is 7.11. The lowest BCUT2D eigenvalue weighted by atomic mass is 9.93. The van der Waals surface area contributed by atoms with Crippen molar-refractivity contribution in [3.05, 3.63) is 76.5 Å². The zero-order valence-corrected chi connectivity index (χ0v) is 17.8. The third-order valence-electron chi connectivity index (χ3n) is 6.05. The van der Waals surface area contributed by atoms with Gasteiger partial charge in [0.1, 0.15) is 0 Å². The summed E-state index contributed by atoms with van der Waals surface area (Å²) in [5.41, 5.74) is 3.15. The number of carbonyl (C=O) groups is 2. The lowest BCUT2D eigenvalue weighted by Crippen LogP contribution is -2.50. The van der Waals surface area contributed by atoms with Gasteiger partial charge in [-0.2, -0.15) is 0 Å². The lowest BCUT2D eigenvalue weighted by Gasteiger charge is -2.39. The summed E-state index contributed by atoms with van der Waals surface area (Å²) >= 11 is 1.38. The summed E-state index contributed by atoms with van der Waals surface area (Å²) in [6.45, 7) is 2.86. The topological polar surface area (TPSA) is 78.4 Å². The molecule has 0 radical (unpaired) electrons. The first kappa shape index (κ1) is 19.7. The van der Waals surface area contributed by atoms with Crippen LogP contribution in [0.4, 0.5) is 10.5 Å². The lowest BCUT2D eigenvalue weighted by molar-refractivity contribution is 0.0790. The maximum absolute atomic E-state index is 12.5. The zero-order valence-electron chi connectivity index (χ0n) is 17.0. The predicted molar refractivity (Wildman–Crippen MR) is 119 cm³/mol. The van der Waals surface area contributed by atoms with Crippen LogP contribution in [0.1, 0.15) is 39.2 Å². The third-order valence-corrected chi connectivity index (χ3v) is 6.81. The molecule has 158 valence electrons. The number of hydrogen-bond donors (Lipinski definition) is 1. The van der Waals surface area contributed by atoms with Crippen LogP contribution in [0.2, 0.25) is 0 Å². The van der Waals surface area contributed by atoms with Crippen LogP contribution in [0.15, 0.2) is 60.4 Å². The second-order valence-electron chi connectivity index (χ2n) is 8.01. The highest BCUT2D eigenvalue weighted by atomic mass is 32.1. The van der Waals surface area contributed by atoms with Crippen molar-refractivity contribution in [3.8, 4) is 0 Å². The van der Waals surface area contributed by atoms with Gasteiger partial charge < -0.3 is 15.1 Å². The van der Waals surface area contributed by atoms with Crippen molar-refractivity contribution in [1.82, 2.24) is 19.8 Å². The van der Waals surface area contributed by atoms with Crippen molar-refractivity contribution < 1.29 is 9.59 Å². The van der Waals surface area contributed by atoms with E-state index >= 15 is 0 Å². The fourth-order valence-corrected chi connectivity index (χ4v) is 4.80. The van der Waals surface area contributed by atoms with E-state index in [1.807, 2.05) is 51.7 Å². The zero-order chi connectivity index (χ0) is 21.2. The SMILES string of the molecule is O=C(Nc1ccc(C2CCN(C(=O)c3nccs3)C2)cc1)N1CC(c2cccnc2)C1. The summed E-state index contributed by atoms with van der Waals surface area (Å²) in [7, 11) is 0. The first-order valence-electron chi connectivity index (χ1n) is 10.4. The Kier molecular flexibility index (Phi) is 5.38. The Balaban J connectivity index is 1.13. The van der Waals surface area contributed by atoms with Gasteiger partial charge in [0.2, 0.25) is 0 Å². The predicted octanol–water partition coefficient (Wildman–Crippen LogP) is 3.80. The number of likely N-dealkylation sites (tertiary alicyclic amines) is 2. The Morgan fingerprint density at radius 1 is 0.968 bits per heavy atom. The van der Waals surface area contributed by atoms with Gasteiger partial charge in [0.05, 0.1) is 0 Å². The van der Waals surface area contributed by atoms with Crippen LogP contribution in [-0.4, -0.2) is 57.9 Å². The maximum atomic E-state index is 12.5. The molecule has 5 rings (SSSR count). The number of rotatable bonds is 4. The average molecular weight is 434 g/mol. The molecule has 2 fully saturated rings. The molecule has 8 heteroatoms. The Hall–Kier alpha value is -3.26. The van der Waals surface area contributed by atoms with Gasteiger partial charge in [-0.3, -0.25) is 9.78 Å². The molecule has 1 N–H and O–H groups in total. The van der Waals surface area contributed by atoms with Crippen molar-refractivity contribution in [2.45, 2.75) is 18.3 Å². The van der Waals surface area contributed by atoms with Crippen molar-refractivity contribution in [2.24, 2.45) is 0 Å².